The van der Waals surface area contributed by atoms with E-state index in [9.17, 15) is 4.79 Å². The van der Waals surface area contributed by atoms with Gasteiger partial charge in [-0.15, -0.1) is 5.10 Å². The number of rotatable bonds is 5. The summed E-state index contributed by atoms with van der Waals surface area (Å²) in [6.07, 6.45) is 2.97. The number of amides is 1. The molecular weight excluding hydrogens is 278 g/mol. The van der Waals surface area contributed by atoms with Crippen molar-refractivity contribution >= 4 is 22.8 Å². The highest BCUT2D eigenvalue weighted by Crippen LogP contribution is 2.18. The Balaban J connectivity index is 1.66. The number of nitrogens with zero attached hydrogens (tertiary/aromatic N) is 2. The molecule has 0 aliphatic heterocycles. The molecule has 1 aromatic carbocycles. The Kier molecular flexibility index (Phi) is 3.91. The molecule has 2 heterocycles. The zero-order valence-electron chi connectivity index (χ0n) is 12.7. The number of aromatic amines is 2. The Labute approximate surface area is 128 Å². The molecule has 0 radical (unpaired) electrons. The van der Waals surface area contributed by atoms with Crippen LogP contribution in [-0.4, -0.2) is 26.1 Å². The minimum atomic E-state index is -0.125. The van der Waals surface area contributed by atoms with Crippen molar-refractivity contribution in [3.63, 3.8) is 0 Å². The number of aromatic nitrogens is 4. The molecule has 0 saturated carbocycles. The molecule has 0 aliphatic rings. The molecular formula is C16H19N5O. The average molecular weight is 297 g/mol. The highest BCUT2D eigenvalue weighted by molar-refractivity contribution is 5.94. The summed E-state index contributed by atoms with van der Waals surface area (Å²) in [6.45, 7) is 4.22. The molecule has 3 N–H and O–H groups in total. The van der Waals surface area contributed by atoms with Crippen molar-refractivity contribution in [1.82, 2.24) is 20.2 Å². The van der Waals surface area contributed by atoms with E-state index < -0.39 is 0 Å². The number of anilines is 1. The van der Waals surface area contributed by atoms with Crippen LogP contribution in [0.3, 0.4) is 0 Å². The number of fused-ring (bicyclic) bond motifs is 1. The van der Waals surface area contributed by atoms with Gasteiger partial charge in [-0.2, -0.15) is 4.98 Å². The van der Waals surface area contributed by atoms with Gasteiger partial charge in [0.1, 0.15) is 5.82 Å². The van der Waals surface area contributed by atoms with Crippen molar-refractivity contribution in [3.8, 4) is 0 Å². The lowest BCUT2D eigenvalue weighted by Gasteiger charge is -2.00. The van der Waals surface area contributed by atoms with Crippen LogP contribution in [0.25, 0.3) is 10.9 Å². The van der Waals surface area contributed by atoms with E-state index in [4.69, 9.17) is 0 Å². The predicted octanol–water partition coefficient (Wildman–Crippen LogP) is 2.67. The van der Waals surface area contributed by atoms with Gasteiger partial charge < -0.3 is 4.98 Å². The van der Waals surface area contributed by atoms with Crippen LogP contribution in [0.2, 0.25) is 0 Å². The van der Waals surface area contributed by atoms with Gasteiger partial charge in [-0.05, 0) is 17.5 Å². The van der Waals surface area contributed by atoms with Crippen molar-refractivity contribution in [2.24, 2.45) is 5.92 Å². The molecule has 0 bridgehead atoms. The van der Waals surface area contributed by atoms with Crippen molar-refractivity contribution < 1.29 is 4.79 Å². The van der Waals surface area contributed by atoms with Crippen LogP contribution >= 0.6 is 0 Å². The van der Waals surface area contributed by atoms with Gasteiger partial charge in [-0.3, -0.25) is 15.2 Å². The van der Waals surface area contributed by atoms with Crippen molar-refractivity contribution in [3.05, 3.63) is 41.9 Å². The maximum atomic E-state index is 12.1. The Morgan fingerprint density at radius 1 is 1.32 bits per heavy atom. The maximum Gasteiger partial charge on any atom is 0.248 e. The number of carbonyl (C=O) groups excluding carboxylic acids is 1. The first kappa shape index (κ1) is 14.3. The van der Waals surface area contributed by atoms with E-state index in [1.807, 2.05) is 30.5 Å². The minimum absolute atomic E-state index is 0.125. The van der Waals surface area contributed by atoms with Gasteiger partial charge in [-0.25, -0.2) is 0 Å². The normalized spacial score (nSPS) is 11.2. The number of H-pyrrole nitrogens is 2. The van der Waals surface area contributed by atoms with Crippen LogP contribution in [0.5, 0.6) is 0 Å². The second-order valence-corrected chi connectivity index (χ2v) is 5.79. The Morgan fingerprint density at radius 2 is 2.14 bits per heavy atom. The highest BCUT2D eigenvalue weighted by Gasteiger charge is 2.11. The van der Waals surface area contributed by atoms with Gasteiger partial charge in [-0.1, -0.05) is 32.0 Å². The smallest absolute Gasteiger partial charge is 0.248 e. The quantitative estimate of drug-likeness (QED) is 0.676. The highest BCUT2D eigenvalue weighted by atomic mass is 16.1. The minimum Gasteiger partial charge on any atom is -0.361 e. The molecule has 3 aromatic rings. The van der Waals surface area contributed by atoms with E-state index in [1.165, 1.54) is 0 Å². The summed E-state index contributed by atoms with van der Waals surface area (Å²) in [7, 11) is 0. The van der Waals surface area contributed by atoms with E-state index in [0.29, 0.717) is 11.9 Å². The van der Waals surface area contributed by atoms with Gasteiger partial charge in [0.2, 0.25) is 11.9 Å². The Bertz CT molecular complexity index is 787. The molecule has 0 aliphatic carbocycles. The molecule has 0 unspecified atom stereocenters. The van der Waals surface area contributed by atoms with E-state index >= 15 is 0 Å². The number of para-hydroxylation sites is 1. The van der Waals surface area contributed by atoms with E-state index in [-0.39, 0.29) is 12.3 Å². The lowest BCUT2D eigenvalue weighted by atomic mass is 10.1. The van der Waals surface area contributed by atoms with Gasteiger partial charge in [0.25, 0.3) is 0 Å². The topological polar surface area (TPSA) is 86.5 Å². The first-order valence-corrected chi connectivity index (χ1v) is 7.38. The number of nitrogens with one attached hydrogen (secondary N) is 3. The number of benzene rings is 1. The van der Waals surface area contributed by atoms with Crippen LogP contribution in [0.4, 0.5) is 5.95 Å². The number of hydrogen-bond acceptors (Lipinski definition) is 3. The van der Waals surface area contributed by atoms with Crippen LogP contribution in [0.15, 0.2) is 30.5 Å². The third-order valence-electron chi connectivity index (χ3n) is 3.41. The summed E-state index contributed by atoms with van der Waals surface area (Å²) >= 11 is 0. The first-order valence-electron chi connectivity index (χ1n) is 7.38. The molecule has 2 aromatic heterocycles. The molecule has 0 saturated heterocycles. The number of carbonyl (C=O) groups is 1. The average Bonchev–Trinajstić information content (AvgIpc) is 3.06. The molecule has 3 rings (SSSR count). The summed E-state index contributed by atoms with van der Waals surface area (Å²) in [5, 5.41) is 10.7. The Morgan fingerprint density at radius 3 is 2.95 bits per heavy atom. The summed E-state index contributed by atoms with van der Waals surface area (Å²) in [6, 6.07) is 7.92. The summed E-state index contributed by atoms with van der Waals surface area (Å²) in [4.78, 5) is 19.6. The van der Waals surface area contributed by atoms with E-state index in [2.05, 4.69) is 39.3 Å². The van der Waals surface area contributed by atoms with Gasteiger partial charge >= 0.3 is 0 Å². The third-order valence-corrected chi connectivity index (χ3v) is 3.41. The zero-order chi connectivity index (χ0) is 15.5. The van der Waals surface area contributed by atoms with Crippen LogP contribution in [0, 0.1) is 5.92 Å². The fourth-order valence-electron chi connectivity index (χ4n) is 2.45. The number of hydrogen-bond donors (Lipinski definition) is 3. The summed E-state index contributed by atoms with van der Waals surface area (Å²) in [5.74, 6) is 1.49. The molecule has 22 heavy (non-hydrogen) atoms. The SMILES string of the molecule is CC(C)Cc1nc(NC(=O)Cc2c[nH]c3ccccc23)n[nH]1. The van der Waals surface area contributed by atoms with Gasteiger partial charge in [0.15, 0.2) is 0 Å². The predicted molar refractivity (Wildman–Crippen MR) is 85.6 cm³/mol. The summed E-state index contributed by atoms with van der Waals surface area (Å²) in [5.41, 5.74) is 1.99. The van der Waals surface area contributed by atoms with Crippen molar-refractivity contribution in [2.45, 2.75) is 26.7 Å². The van der Waals surface area contributed by atoms with E-state index in [1.54, 1.807) is 0 Å². The van der Waals surface area contributed by atoms with Crippen LogP contribution < -0.4 is 5.32 Å². The molecule has 1 amide bonds. The molecule has 0 spiro atoms. The van der Waals surface area contributed by atoms with Gasteiger partial charge in [0, 0.05) is 23.5 Å². The maximum absolute atomic E-state index is 12.1. The summed E-state index contributed by atoms with van der Waals surface area (Å²) < 4.78 is 0. The first-order chi connectivity index (χ1) is 10.6. The molecule has 0 fully saturated rings. The molecule has 6 heteroatoms. The van der Waals surface area contributed by atoms with Crippen molar-refractivity contribution in [2.75, 3.05) is 5.32 Å². The lowest BCUT2D eigenvalue weighted by molar-refractivity contribution is -0.115. The zero-order valence-corrected chi connectivity index (χ0v) is 12.7. The van der Waals surface area contributed by atoms with Crippen molar-refractivity contribution in [1.29, 1.82) is 0 Å². The monoisotopic (exact) mass is 297 g/mol. The molecule has 6 nitrogen and oxygen atoms in total. The van der Waals surface area contributed by atoms with Crippen LogP contribution in [0.1, 0.15) is 25.2 Å². The Hall–Kier alpha value is -2.63. The fourth-order valence-corrected chi connectivity index (χ4v) is 2.45. The second-order valence-electron chi connectivity index (χ2n) is 5.79. The fraction of sp³-hybridized carbons (Fsp3) is 0.312. The van der Waals surface area contributed by atoms with E-state index in [0.717, 1.165) is 28.7 Å². The standard InChI is InChI=1S/C16H19N5O/c1-10(2)7-14-18-16(21-20-14)19-15(22)8-11-9-17-13-6-4-3-5-12(11)13/h3-6,9-10,17H,7-8H2,1-2H3,(H2,18,19,20,21,22). The molecule has 114 valence electrons. The van der Waals surface area contributed by atoms with Crippen LogP contribution in [-0.2, 0) is 17.6 Å². The second kappa shape index (κ2) is 6.01. The van der Waals surface area contributed by atoms with Gasteiger partial charge in [0.05, 0.1) is 6.42 Å². The lowest BCUT2D eigenvalue weighted by Crippen LogP contribution is -2.15. The third kappa shape index (κ3) is 3.16. The largest absolute Gasteiger partial charge is 0.361 e. The molecule has 0 atom stereocenters.